The van der Waals surface area contributed by atoms with Crippen molar-refractivity contribution < 1.29 is 8.83 Å². The monoisotopic (exact) mass is 160 g/mol. The Kier molecular flexibility index (Phi) is 0.889. The molecule has 0 spiro atoms. The Hall–Kier alpha value is -1.84. The van der Waals surface area contributed by atoms with Crippen LogP contribution < -0.4 is 0 Å². The summed E-state index contributed by atoms with van der Waals surface area (Å²) in [6, 6.07) is 3.67. The summed E-state index contributed by atoms with van der Waals surface area (Å²) in [5, 5.41) is 0. The molecular formula is C8H4N2O2. The number of hydrogen-bond acceptors (Lipinski definition) is 4. The lowest BCUT2D eigenvalue weighted by atomic mass is 10.3. The summed E-state index contributed by atoms with van der Waals surface area (Å²) < 4.78 is 10.3. The van der Waals surface area contributed by atoms with Crippen LogP contribution in [0.15, 0.2) is 33.8 Å². The molecule has 3 rings (SSSR count). The predicted molar refractivity (Wildman–Crippen MR) is 41.6 cm³/mol. The average molecular weight is 160 g/mol. The summed E-state index contributed by atoms with van der Waals surface area (Å²) in [6.45, 7) is 0. The molecule has 0 saturated heterocycles. The van der Waals surface area contributed by atoms with Gasteiger partial charge in [0.25, 0.3) is 0 Å². The zero-order chi connectivity index (χ0) is 7.97. The van der Waals surface area contributed by atoms with E-state index in [0.717, 1.165) is 16.6 Å². The fourth-order valence-electron chi connectivity index (χ4n) is 1.25. The van der Waals surface area contributed by atoms with E-state index in [1.54, 1.807) is 0 Å². The van der Waals surface area contributed by atoms with Crippen molar-refractivity contribution in [3.8, 4) is 0 Å². The van der Waals surface area contributed by atoms with Gasteiger partial charge < -0.3 is 8.83 Å². The third-order valence-corrected chi connectivity index (χ3v) is 1.80. The first-order valence-corrected chi connectivity index (χ1v) is 3.50. The highest BCUT2D eigenvalue weighted by atomic mass is 16.3. The number of aromatic nitrogens is 2. The van der Waals surface area contributed by atoms with E-state index >= 15 is 0 Å². The van der Waals surface area contributed by atoms with E-state index in [2.05, 4.69) is 9.97 Å². The molecule has 0 radical (unpaired) electrons. The van der Waals surface area contributed by atoms with E-state index in [-0.39, 0.29) is 0 Å². The zero-order valence-corrected chi connectivity index (χ0v) is 6.02. The SMILES string of the molecule is c1nc2c(ccc3ncoc32)o1. The van der Waals surface area contributed by atoms with Crippen LogP contribution in [0.4, 0.5) is 0 Å². The van der Waals surface area contributed by atoms with Crippen molar-refractivity contribution in [3.05, 3.63) is 24.9 Å². The second-order valence-corrected chi connectivity index (χ2v) is 2.47. The molecule has 0 saturated carbocycles. The summed E-state index contributed by atoms with van der Waals surface area (Å²) in [5.41, 5.74) is 2.93. The largest absolute Gasteiger partial charge is 0.443 e. The van der Waals surface area contributed by atoms with Crippen LogP contribution in [0.25, 0.3) is 22.2 Å². The number of hydrogen-bond donors (Lipinski definition) is 0. The fraction of sp³-hybridized carbons (Fsp3) is 0. The number of nitrogens with zero attached hydrogens (tertiary/aromatic N) is 2. The van der Waals surface area contributed by atoms with Crippen LogP contribution >= 0.6 is 0 Å². The topological polar surface area (TPSA) is 52.1 Å². The Morgan fingerprint density at radius 1 is 1.00 bits per heavy atom. The van der Waals surface area contributed by atoms with Gasteiger partial charge in [0.1, 0.15) is 5.52 Å². The minimum atomic E-state index is 0.682. The number of oxazole rings is 2. The summed E-state index contributed by atoms with van der Waals surface area (Å²) >= 11 is 0. The molecule has 0 aliphatic rings. The van der Waals surface area contributed by atoms with E-state index in [1.807, 2.05) is 12.1 Å². The second-order valence-electron chi connectivity index (χ2n) is 2.47. The fourth-order valence-corrected chi connectivity index (χ4v) is 1.25. The van der Waals surface area contributed by atoms with Gasteiger partial charge in [-0.15, -0.1) is 0 Å². The maximum absolute atomic E-state index is 5.16. The molecule has 0 bridgehead atoms. The molecule has 0 aliphatic carbocycles. The van der Waals surface area contributed by atoms with Gasteiger partial charge in [-0.2, -0.15) is 0 Å². The third-order valence-electron chi connectivity index (χ3n) is 1.80. The number of rotatable bonds is 0. The van der Waals surface area contributed by atoms with Crippen molar-refractivity contribution >= 4 is 22.2 Å². The first kappa shape index (κ1) is 5.77. The van der Waals surface area contributed by atoms with Crippen LogP contribution in [0.2, 0.25) is 0 Å². The first-order valence-electron chi connectivity index (χ1n) is 3.50. The molecule has 3 aromatic rings. The normalized spacial score (nSPS) is 11.3. The molecule has 0 atom stereocenters. The van der Waals surface area contributed by atoms with Crippen LogP contribution in [0.5, 0.6) is 0 Å². The Balaban J connectivity index is 2.71. The van der Waals surface area contributed by atoms with E-state index in [9.17, 15) is 0 Å². The summed E-state index contributed by atoms with van der Waals surface area (Å²) in [6.07, 6.45) is 2.80. The van der Waals surface area contributed by atoms with Gasteiger partial charge in [0.05, 0.1) is 0 Å². The van der Waals surface area contributed by atoms with E-state index < -0.39 is 0 Å². The molecule has 0 fully saturated rings. The third kappa shape index (κ3) is 0.567. The number of benzene rings is 1. The molecule has 2 heterocycles. The van der Waals surface area contributed by atoms with E-state index in [4.69, 9.17) is 8.83 Å². The molecule has 58 valence electrons. The lowest BCUT2D eigenvalue weighted by Crippen LogP contribution is -1.69. The highest BCUT2D eigenvalue weighted by Gasteiger charge is 2.06. The second kappa shape index (κ2) is 1.85. The van der Waals surface area contributed by atoms with Crippen LogP contribution in [0, 0.1) is 0 Å². The molecule has 2 aromatic heterocycles. The highest BCUT2D eigenvalue weighted by Crippen LogP contribution is 2.22. The lowest BCUT2D eigenvalue weighted by molar-refractivity contribution is 0.601. The lowest BCUT2D eigenvalue weighted by Gasteiger charge is -1.85. The van der Waals surface area contributed by atoms with Gasteiger partial charge in [0.2, 0.25) is 0 Å². The minimum absolute atomic E-state index is 0.682. The highest BCUT2D eigenvalue weighted by molar-refractivity contribution is 5.97. The van der Waals surface area contributed by atoms with E-state index in [1.165, 1.54) is 12.8 Å². The molecule has 0 aliphatic heterocycles. The predicted octanol–water partition coefficient (Wildman–Crippen LogP) is 1.97. The van der Waals surface area contributed by atoms with Crippen molar-refractivity contribution in [2.75, 3.05) is 0 Å². The van der Waals surface area contributed by atoms with Gasteiger partial charge in [-0.25, -0.2) is 9.97 Å². The van der Waals surface area contributed by atoms with Crippen LogP contribution in [0.3, 0.4) is 0 Å². The standard InChI is InChI=1S/C8H4N2O2/c1-2-6-7(10-4-11-6)8-5(1)9-3-12-8/h1-4H. The molecular weight excluding hydrogens is 156 g/mol. The van der Waals surface area contributed by atoms with Gasteiger partial charge in [0.15, 0.2) is 29.5 Å². The van der Waals surface area contributed by atoms with Gasteiger partial charge in [-0.1, -0.05) is 0 Å². The average Bonchev–Trinajstić information content (AvgIpc) is 2.71. The van der Waals surface area contributed by atoms with Gasteiger partial charge >= 0.3 is 0 Å². The first-order chi connectivity index (χ1) is 5.95. The molecule has 12 heavy (non-hydrogen) atoms. The van der Waals surface area contributed by atoms with Crippen molar-refractivity contribution in [1.82, 2.24) is 9.97 Å². The van der Waals surface area contributed by atoms with Crippen molar-refractivity contribution in [3.63, 3.8) is 0 Å². The van der Waals surface area contributed by atoms with Crippen LogP contribution in [-0.2, 0) is 0 Å². The summed E-state index contributed by atoms with van der Waals surface area (Å²) in [4.78, 5) is 8.02. The van der Waals surface area contributed by atoms with Gasteiger partial charge in [0, 0.05) is 0 Å². The summed E-state index contributed by atoms with van der Waals surface area (Å²) in [5.74, 6) is 0. The van der Waals surface area contributed by atoms with Crippen LogP contribution in [-0.4, -0.2) is 9.97 Å². The molecule has 0 unspecified atom stereocenters. The zero-order valence-electron chi connectivity index (χ0n) is 6.02. The van der Waals surface area contributed by atoms with Crippen molar-refractivity contribution in [2.45, 2.75) is 0 Å². The maximum Gasteiger partial charge on any atom is 0.184 e. The molecule has 4 heteroatoms. The quantitative estimate of drug-likeness (QED) is 0.504. The molecule has 0 N–H and O–H groups in total. The summed E-state index contributed by atoms with van der Waals surface area (Å²) in [7, 11) is 0. The van der Waals surface area contributed by atoms with Gasteiger partial charge in [-0.3, -0.25) is 0 Å². The Morgan fingerprint density at radius 3 is 2.92 bits per heavy atom. The Morgan fingerprint density at radius 2 is 1.92 bits per heavy atom. The maximum atomic E-state index is 5.16. The van der Waals surface area contributed by atoms with Gasteiger partial charge in [-0.05, 0) is 12.1 Å². The molecule has 4 nitrogen and oxygen atoms in total. The minimum Gasteiger partial charge on any atom is -0.443 e. The Labute approximate surface area is 66.8 Å². The molecule has 0 amide bonds. The Bertz CT molecular complexity index is 488. The molecule has 1 aromatic carbocycles. The van der Waals surface area contributed by atoms with Crippen molar-refractivity contribution in [2.24, 2.45) is 0 Å². The van der Waals surface area contributed by atoms with Crippen LogP contribution in [0.1, 0.15) is 0 Å². The van der Waals surface area contributed by atoms with E-state index in [0.29, 0.717) is 5.58 Å². The van der Waals surface area contributed by atoms with Crippen molar-refractivity contribution in [1.29, 1.82) is 0 Å². The number of fused-ring (bicyclic) bond motifs is 3. The smallest absolute Gasteiger partial charge is 0.184 e.